The van der Waals surface area contributed by atoms with Crippen molar-refractivity contribution in [3.63, 3.8) is 0 Å². The first kappa shape index (κ1) is 46.5. The first-order chi connectivity index (χ1) is 30.9. The molecule has 15 heteroatoms. The van der Waals surface area contributed by atoms with Gasteiger partial charge in [-0.05, 0) is 131 Å². The highest BCUT2D eigenvalue weighted by Crippen LogP contribution is 2.57. The Labute approximate surface area is 381 Å². The van der Waals surface area contributed by atoms with Gasteiger partial charge in [0, 0.05) is 29.2 Å². The number of hydrogen-bond donors (Lipinski definition) is 1. The zero-order chi connectivity index (χ0) is 46.4. The molecule has 1 saturated heterocycles. The number of hydrogen-bond acceptors (Lipinski definition) is 11. The monoisotopic (exact) mass is 915 g/mol. The molecule has 3 heterocycles. The summed E-state index contributed by atoms with van der Waals surface area (Å²) in [5.74, 6) is -2.87. The van der Waals surface area contributed by atoms with Crippen LogP contribution in [0.2, 0.25) is 0 Å². The number of aromatic nitrogens is 1. The highest BCUT2D eigenvalue weighted by Gasteiger charge is 2.62. The van der Waals surface area contributed by atoms with E-state index in [1.165, 1.54) is 11.0 Å². The Morgan fingerprint density at radius 1 is 1.03 bits per heavy atom. The molecule has 0 radical (unpaired) electrons. The second-order valence-electron chi connectivity index (χ2n) is 20.1. The van der Waals surface area contributed by atoms with Crippen LogP contribution in [0.5, 0.6) is 17.4 Å². The number of methoxy groups -OCH3 is 1. The predicted octanol–water partition coefficient (Wildman–Crippen LogP) is 8.12. The number of ether oxygens (including phenoxy) is 4. The molecule has 4 fully saturated rings. The highest BCUT2D eigenvalue weighted by molar-refractivity contribution is 7.90. The minimum absolute atomic E-state index is 0.0286. The standard InChI is InChI=1S/C50H62FN3O10S/c1-29(2)63-44-16-11-32(21-40(44)51)41-22-33-20-35(61-6)12-15-38(33)46(52-41)64-36-23-42-43(55)26-50(48(58)53-65(59,60)37-13-14-37)25-34(50)10-8-7-9-30(3)19-31(4)39(47(57)54(42)27-36)24-45(56)62-28-49(5)17-18-49/h8,10-12,15-16,20-22,29-31,34,36-37,39,42H,7,9,13-14,17-19,23-28H2,1-6H3,(H,53,58)/b10-8-/t30-,31-,34-,36-,39+,42+,50-/m1/s1. The number of nitrogens with zero attached hydrogens (tertiary/aromatic N) is 2. The van der Waals surface area contributed by atoms with Gasteiger partial charge in [0.2, 0.25) is 27.7 Å². The number of carbonyl (C=O) groups is 4. The highest BCUT2D eigenvalue weighted by atomic mass is 32.2. The van der Waals surface area contributed by atoms with Crippen LogP contribution in [0.1, 0.15) is 105 Å². The maximum Gasteiger partial charge on any atom is 0.306 e. The summed E-state index contributed by atoms with van der Waals surface area (Å²) < 4.78 is 67.5. The van der Waals surface area contributed by atoms with Crippen LogP contribution in [0, 0.1) is 40.3 Å². The minimum atomic E-state index is -3.90. The van der Waals surface area contributed by atoms with Crippen molar-refractivity contribution >= 4 is 44.4 Å². The summed E-state index contributed by atoms with van der Waals surface area (Å²) in [6.07, 6.45) is 7.84. The van der Waals surface area contributed by atoms with E-state index in [1.54, 1.807) is 37.4 Å². The first-order valence-electron chi connectivity index (χ1n) is 23.2. The average Bonchev–Trinajstić information content (AvgIpc) is 4.20. The van der Waals surface area contributed by atoms with Crippen LogP contribution in [-0.2, 0) is 33.9 Å². The van der Waals surface area contributed by atoms with Crippen molar-refractivity contribution in [3.05, 3.63) is 60.4 Å². The van der Waals surface area contributed by atoms with E-state index in [0.717, 1.165) is 19.3 Å². The fraction of sp³-hybridized carbons (Fsp3) is 0.580. The lowest BCUT2D eigenvalue weighted by Crippen LogP contribution is -2.47. The van der Waals surface area contributed by atoms with E-state index in [9.17, 15) is 22.8 Å². The van der Waals surface area contributed by atoms with E-state index in [1.807, 2.05) is 39.0 Å². The van der Waals surface area contributed by atoms with E-state index in [-0.39, 0.29) is 79.2 Å². The van der Waals surface area contributed by atoms with Crippen molar-refractivity contribution in [1.29, 1.82) is 0 Å². The summed E-state index contributed by atoms with van der Waals surface area (Å²) in [6, 6.07) is 10.7. The Morgan fingerprint density at radius 2 is 1.80 bits per heavy atom. The number of benzene rings is 2. The van der Waals surface area contributed by atoms with E-state index in [4.69, 9.17) is 23.9 Å². The molecular weight excluding hydrogens is 854 g/mol. The number of sulfonamides is 1. The van der Waals surface area contributed by atoms with E-state index < -0.39 is 62.2 Å². The molecule has 5 aliphatic rings. The topological polar surface area (TPSA) is 167 Å². The van der Waals surface area contributed by atoms with Crippen molar-refractivity contribution < 1.29 is 50.9 Å². The van der Waals surface area contributed by atoms with Crippen LogP contribution in [0.25, 0.3) is 22.0 Å². The summed E-state index contributed by atoms with van der Waals surface area (Å²) in [4.78, 5) is 64.0. The van der Waals surface area contributed by atoms with Crippen molar-refractivity contribution in [2.24, 2.45) is 34.5 Å². The number of rotatable bonds is 13. The van der Waals surface area contributed by atoms with Crippen LogP contribution in [0.3, 0.4) is 0 Å². The molecule has 3 aromatic rings. The largest absolute Gasteiger partial charge is 0.497 e. The zero-order valence-electron chi connectivity index (χ0n) is 38.3. The molecular formula is C50H62FN3O10S. The van der Waals surface area contributed by atoms with Gasteiger partial charge in [-0.1, -0.05) is 32.9 Å². The molecule has 3 saturated carbocycles. The molecule has 2 aliphatic heterocycles. The number of carbonyl (C=O) groups excluding carboxylic acids is 4. The molecule has 7 atom stereocenters. The Hall–Kier alpha value is -5.05. The summed E-state index contributed by atoms with van der Waals surface area (Å²) in [5, 5.41) is 0.676. The van der Waals surface area contributed by atoms with Gasteiger partial charge in [-0.25, -0.2) is 17.8 Å². The SMILES string of the molecule is COc1ccc2c(O[C@@H]3C[C@H]4C(=O)C[C@]5(C(=O)NS(=O)(=O)C6CC6)C[C@H]5/C=C\CC[C@@H](C)C[C@@H](C)[C@H](CC(=O)OCC5(C)CC5)C(=O)N4C3)nc(-c3ccc(OC(C)C)c(F)c3)cc2c1. The third kappa shape index (κ3) is 10.5. The molecule has 0 bridgehead atoms. The quantitative estimate of drug-likeness (QED) is 0.130. The predicted molar refractivity (Wildman–Crippen MR) is 242 cm³/mol. The summed E-state index contributed by atoms with van der Waals surface area (Å²) in [7, 11) is -2.35. The number of pyridine rings is 1. The molecule has 8 rings (SSSR count). The Bertz CT molecular complexity index is 2480. The number of nitrogens with one attached hydrogen (secondary N) is 1. The van der Waals surface area contributed by atoms with Gasteiger partial charge in [0.15, 0.2) is 17.3 Å². The maximum absolute atomic E-state index is 15.4. The summed E-state index contributed by atoms with van der Waals surface area (Å²) in [5.41, 5.74) is -0.487. The maximum atomic E-state index is 15.4. The van der Waals surface area contributed by atoms with E-state index in [2.05, 4.69) is 18.6 Å². The first-order valence-corrected chi connectivity index (χ1v) is 24.7. The smallest absolute Gasteiger partial charge is 0.306 e. The molecule has 1 N–H and O–H groups in total. The molecule has 2 aromatic carbocycles. The van der Waals surface area contributed by atoms with Crippen LogP contribution < -0.4 is 18.9 Å². The Morgan fingerprint density at radius 3 is 2.49 bits per heavy atom. The van der Waals surface area contributed by atoms with Crippen molar-refractivity contribution in [2.75, 3.05) is 20.3 Å². The summed E-state index contributed by atoms with van der Waals surface area (Å²) >= 11 is 0. The average molecular weight is 916 g/mol. The van der Waals surface area contributed by atoms with Crippen LogP contribution in [-0.4, -0.2) is 85.6 Å². The Kier molecular flexibility index (Phi) is 13.1. The number of fused-ring (bicyclic) bond motifs is 3. The number of ketones is 1. The van der Waals surface area contributed by atoms with Crippen LogP contribution >= 0.6 is 0 Å². The second kappa shape index (κ2) is 18.3. The lowest BCUT2D eigenvalue weighted by molar-refractivity contribution is -0.152. The van der Waals surface area contributed by atoms with E-state index in [0.29, 0.717) is 59.9 Å². The number of esters is 1. The van der Waals surface area contributed by atoms with Gasteiger partial charge < -0.3 is 23.8 Å². The third-order valence-electron chi connectivity index (χ3n) is 14.1. The molecule has 0 spiro atoms. The van der Waals surface area contributed by atoms with Gasteiger partial charge in [-0.15, -0.1) is 0 Å². The molecule has 65 heavy (non-hydrogen) atoms. The normalized spacial score (nSPS) is 28.3. The number of Topliss-reactive ketones (excluding diaryl/α,β-unsaturated/α-hetero) is 1. The van der Waals surface area contributed by atoms with Gasteiger partial charge in [0.25, 0.3) is 0 Å². The molecule has 350 valence electrons. The van der Waals surface area contributed by atoms with Gasteiger partial charge in [0.05, 0.1) is 61.1 Å². The van der Waals surface area contributed by atoms with Gasteiger partial charge in [-0.2, -0.15) is 0 Å². The molecule has 2 amide bonds. The molecule has 3 aliphatic carbocycles. The zero-order valence-corrected chi connectivity index (χ0v) is 39.1. The number of allylic oxidation sites excluding steroid dienone is 2. The van der Waals surface area contributed by atoms with Crippen molar-refractivity contribution in [3.8, 4) is 28.6 Å². The van der Waals surface area contributed by atoms with Crippen molar-refractivity contribution in [2.45, 2.75) is 129 Å². The second-order valence-corrected chi connectivity index (χ2v) is 22.0. The van der Waals surface area contributed by atoms with Crippen LogP contribution in [0.4, 0.5) is 4.39 Å². The van der Waals surface area contributed by atoms with Crippen molar-refractivity contribution in [1.82, 2.24) is 14.6 Å². The summed E-state index contributed by atoms with van der Waals surface area (Å²) in [6.45, 7) is 10.0. The molecule has 13 nitrogen and oxygen atoms in total. The van der Waals surface area contributed by atoms with Gasteiger partial charge >= 0.3 is 5.97 Å². The van der Waals surface area contributed by atoms with Crippen LogP contribution in [0.15, 0.2) is 54.6 Å². The Balaban J connectivity index is 1.14. The lowest BCUT2D eigenvalue weighted by atomic mass is 9.82. The lowest BCUT2D eigenvalue weighted by Gasteiger charge is -2.32. The molecule has 1 aromatic heterocycles. The van der Waals surface area contributed by atoms with Gasteiger partial charge in [-0.3, -0.25) is 23.9 Å². The third-order valence-corrected chi connectivity index (χ3v) is 15.9. The van der Waals surface area contributed by atoms with Gasteiger partial charge in [0.1, 0.15) is 11.9 Å². The fourth-order valence-corrected chi connectivity index (χ4v) is 11.0. The molecule has 0 unspecified atom stereocenters. The fourth-order valence-electron chi connectivity index (χ4n) is 9.57. The number of amides is 2. The number of halogens is 1. The minimum Gasteiger partial charge on any atom is -0.497 e. The van der Waals surface area contributed by atoms with E-state index >= 15 is 9.18 Å².